The van der Waals surface area contributed by atoms with Crippen molar-refractivity contribution in [3.63, 3.8) is 0 Å². The van der Waals surface area contributed by atoms with Gasteiger partial charge < -0.3 is 5.11 Å². The van der Waals surface area contributed by atoms with Crippen LogP contribution in [0.4, 0.5) is 0 Å². The highest BCUT2D eigenvalue weighted by molar-refractivity contribution is 7.89. The summed E-state index contributed by atoms with van der Waals surface area (Å²) in [5, 5.41) is 16.1. The minimum atomic E-state index is -3.88. The topological polar surface area (TPSA) is 123 Å². The first kappa shape index (κ1) is 19.0. The lowest BCUT2D eigenvalue weighted by Gasteiger charge is -2.06. The molecule has 3 N–H and O–H groups in total. The number of hydrogen-bond donors (Lipinski definition) is 2. The van der Waals surface area contributed by atoms with Gasteiger partial charge in [-0.2, -0.15) is 0 Å². The number of nitrogens with two attached hydrogens (primary N) is 1. The van der Waals surface area contributed by atoms with Crippen LogP contribution in [0.15, 0.2) is 53.4 Å². The van der Waals surface area contributed by atoms with E-state index in [0.29, 0.717) is 28.0 Å². The fourth-order valence-corrected chi connectivity index (χ4v) is 4.09. The summed E-state index contributed by atoms with van der Waals surface area (Å²) in [4.78, 5) is 20.5. The Labute approximate surface area is 166 Å². The largest absolute Gasteiger partial charge is 0.478 e. The number of benzene rings is 3. The van der Waals surface area contributed by atoms with Gasteiger partial charge in [0.15, 0.2) is 0 Å². The molecular formula is C21H17N3O4S. The lowest BCUT2D eigenvalue weighted by molar-refractivity contribution is 0.0697. The summed E-state index contributed by atoms with van der Waals surface area (Å²) < 4.78 is 23.7. The highest BCUT2D eigenvalue weighted by Gasteiger charge is 2.27. The van der Waals surface area contributed by atoms with E-state index in [2.05, 4.69) is 9.97 Å². The summed E-state index contributed by atoms with van der Waals surface area (Å²) >= 11 is 0. The van der Waals surface area contributed by atoms with Gasteiger partial charge in [0.05, 0.1) is 32.9 Å². The number of fused-ring (bicyclic) bond motifs is 4. The van der Waals surface area contributed by atoms with E-state index >= 15 is 0 Å². The number of carbonyl (C=O) groups is 1. The third kappa shape index (κ3) is 2.93. The molecule has 29 heavy (non-hydrogen) atoms. The first-order valence-corrected chi connectivity index (χ1v) is 10.5. The Balaban J connectivity index is 0.000000994. The van der Waals surface area contributed by atoms with Crippen LogP contribution in [0.5, 0.6) is 0 Å². The number of primary sulfonamides is 1. The molecule has 0 amide bonds. The van der Waals surface area contributed by atoms with Gasteiger partial charge >= 0.3 is 5.97 Å². The van der Waals surface area contributed by atoms with E-state index in [1.54, 1.807) is 6.07 Å². The van der Waals surface area contributed by atoms with Crippen molar-refractivity contribution in [3.05, 3.63) is 54.1 Å². The Kier molecular flexibility index (Phi) is 4.33. The summed E-state index contributed by atoms with van der Waals surface area (Å²) in [6, 6.07) is 13.1. The summed E-state index contributed by atoms with van der Waals surface area (Å²) in [5.41, 5.74) is 3.75. The predicted molar refractivity (Wildman–Crippen MR) is 111 cm³/mol. The standard InChI is InChI=1S/C19H11N3O4S.C2H6/c20-27(25,26)11-6-9-2-1-3-12-16(9)13(8-11)18-17(12)22-15-7-10(19(23)24)4-5-14(15)21-18;1-2/h1-8H,(H,23,24)(H2,20,25,26);1-2H3. The maximum Gasteiger partial charge on any atom is 0.335 e. The van der Waals surface area contributed by atoms with Gasteiger partial charge in [-0.1, -0.05) is 32.0 Å². The zero-order chi connectivity index (χ0) is 20.9. The maximum absolute atomic E-state index is 11.9. The van der Waals surface area contributed by atoms with E-state index in [9.17, 15) is 18.3 Å². The molecule has 0 aliphatic heterocycles. The molecule has 0 atom stereocenters. The van der Waals surface area contributed by atoms with Crippen LogP contribution >= 0.6 is 0 Å². The number of nitrogens with zero attached hydrogens (tertiary/aromatic N) is 2. The van der Waals surface area contributed by atoms with E-state index in [0.717, 1.165) is 16.3 Å². The van der Waals surface area contributed by atoms with Crippen LogP contribution in [-0.4, -0.2) is 29.5 Å². The average molecular weight is 407 g/mol. The first-order valence-electron chi connectivity index (χ1n) is 8.98. The molecule has 1 aromatic heterocycles. The molecule has 146 valence electrons. The second-order valence-electron chi connectivity index (χ2n) is 6.35. The minimum Gasteiger partial charge on any atom is -0.478 e. The van der Waals surface area contributed by atoms with Crippen LogP contribution in [0.25, 0.3) is 44.3 Å². The number of hydrogen-bond acceptors (Lipinski definition) is 5. The summed E-state index contributed by atoms with van der Waals surface area (Å²) in [5.74, 6) is -1.04. The fourth-order valence-electron chi connectivity index (χ4n) is 3.51. The Bertz CT molecular complexity index is 1430. The smallest absolute Gasteiger partial charge is 0.335 e. The molecule has 8 heteroatoms. The highest BCUT2D eigenvalue weighted by Crippen LogP contribution is 2.46. The second-order valence-corrected chi connectivity index (χ2v) is 7.91. The molecular weight excluding hydrogens is 390 g/mol. The minimum absolute atomic E-state index is 0.0122. The molecule has 4 aromatic rings. The van der Waals surface area contributed by atoms with Gasteiger partial charge in [-0.25, -0.2) is 28.3 Å². The Morgan fingerprint density at radius 2 is 1.62 bits per heavy atom. The molecule has 1 aliphatic rings. The number of carboxylic acids is 1. The Morgan fingerprint density at radius 1 is 0.931 bits per heavy atom. The van der Waals surface area contributed by atoms with Gasteiger partial charge in [0.2, 0.25) is 10.0 Å². The van der Waals surface area contributed by atoms with E-state index in [-0.39, 0.29) is 10.5 Å². The van der Waals surface area contributed by atoms with Crippen molar-refractivity contribution in [2.24, 2.45) is 5.14 Å². The van der Waals surface area contributed by atoms with Crippen LogP contribution in [0.1, 0.15) is 24.2 Å². The quantitative estimate of drug-likeness (QED) is 0.459. The van der Waals surface area contributed by atoms with Crippen LogP contribution in [0.2, 0.25) is 0 Å². The van der Waals surface area contributed by atoms with Gasteiger partial charge in [0.25, 0.3) is 0 Å². The summed E-state index contributed by atoms with van der Waals surface area (Å²) in [6.45, 7) is 4.00. The van der Waals surface area contributed by atoms with Crippen molar-refractivity contribution >= 4 is 37.8 Å². The van der Waals surface area contributed by atoms with Gasteiger partial charge in [0.1, 0.15) is 0 Å². The molecule has 3 aromatic carbocycles. The number of aromatic nitrogens is 2. The van der Waals surface area contributed by atoms with Crippen molar-refractivity contribution in [1.82, 2.24) is 9.97 Å². The summed E-state index contributed by atoms with van der Waals surface area (Å²) in [7, 11) is -3.88. The van der Waals surface area contributed by atoms with Crippen molar-refractivity contribution in [3.8, 4) is 22.5 Å². The summed E-state index contributed by atoms with van der Waals surface area (Å²) in [6.07, 6.45) is 0. The zero-order valence-electron chi connectivity index (χ0n) is 15.7. The predicted octanol–water partition coefficient (Wildman–Crippen LogP) is 3.80. The third-order valence-electron chi connectivity index (χ3n) is 4.70. The number of rotatable bonds is 2. The molecule has 1 aliphatic carbocycles. The van der Waals surface area contributed by atoms with Crippen LogP contribution in [0, 0.1) is 0 Å². The molecule has 0 radical (unpaired) electrons. The molecule has 0 unspecified atom stereocenters. The number of carboxylic acid groups (broad SMARTS) is 1. The number of aromatic carboxylic acids is 1. The molecule has 1 heterocycles. The second kappa shape index (κ2) is 6.61. The first-order chi connectivity index (χ1) is 13.8. The van der Waals surface area contributed by atoms with Gasteiger partial charge in [-0.05, 0) is 35.7 Å². The Morgan fingerprint density at radius 3 is 2.31 bits per heavy atom. The molecule has 0 bridgehead atoms. The molecule has 0 saturated heterocycles. The van der Waals surface area contributed by atoms with Gasteiger partial charge in [0, 0.05) is 16.5 Å². The van der Waals surface area contributed by atoms with Crippen LogP contribution in [0.3, 0.4) is 0 Å². The highest BCUT2D eigenvalue weighted by atomic mass is 32.2. The fraction of sp³-hybridized carbons (Fsp3) is 0.0952. The molecule has 0 saturated carbocycles. The van der Waals surface area contributed by atoms with E-state index in [1.807, 2.05) is 32.0 Å². The van der Waals surface area contributed by atoms with E-state index < -0.39 is 16.0 Å². The van der Waals surface area contributed by atoms with Crippen molar-refractivity contribution in [1.29, 1.82) is 0 Å². The van der Waals surface area contributed by atoms with Crippen molar-refractivity contribution < 1.29 is 18.3 Å². The van der Waals surface area contributed by atoms with Crippen LogP contribution < -0.4 is 5.14 Å². The van der Waals surface area contributed by atoms with Gasteiger partial charge in [-0.15, -0.1) is 0 Å². The van der Waals surface area contributed by atoms with E-state index in [1.165, 1.54) is 24.3 Å². The van der Waals surface area contributed by atoms with Gasteiger partial charge in [-0.3, -0.25) is 0 Å². The SMILES string of the molecule is CC.NS(=O)(=O)c1cc2c3c(cccc3c1)-c1nc3cc(C(=O)O)ccc3nc1-2. The Hall–Kier alpha value is -3.36. The van der Waals surface area contributed by atoms with E-state index in [4.69, 9.17) is 5.14 Å². The normalized spacial score (nSPS) is 11.8. The van der Waals surface area contributed by atoms with Crippen LogP contribution in [-0.2, 0) is 10.0 Å². The average Bonchev–Trinajstić information content (AvgIpc) is 3.01. The molecule has 0 fully saturated rings. The zero-order valence-corrected chi connectivity index (χ0v) is 16.5. The van der Waals surface area contributed by atoms with Crippen molar-refractivity contribution in [2.75, 3.05) is 0 Å². The van der Waals surface area contributed by atoms with Crippen molar-refractivity contribution in [2.45, 2.75) is 18.7 Å². The molecule has 5 rings (SSSR count). The lowest BCUT2D eigenvalue weighted by Crippen LogP contribution is -2.12. The lowest BCUT2D eigenvalue weighted by atomic mass is 10.0. The number of sulfonamides is 1. The maximum atomic E-state index is 11.9. The molecule has 7 nitrogen and oxygen atoms in total. The third-order valence-corrected chi connectivity index (χ3v) is 5.59. The molecule has 0 spiro atoms. The monoisotopic (exact) mass is 407 g/mol.